The quantitative estimate of drug-likeness (QED) is 0.428. The molecule has 0 aliphatic heterocycles. The molecule has 2 aromatic carbocycles. The van der Waals surface area contributed by atoms with E-state index >= 15 is 0 Å². The third-order valence-electron chi connectivity index (χ3n) is 3.44. The zero-order valence-electron chi connectivity index (χ0n) is 13.6. The fraction of sp³-hybridized carbons (Fsp3) is 0.0526. The Morgan fingerprint density at radius 3 is 2.77 bits per heavy atom. The molecule has 0 spiro atoms. The van der Waals surface area contributed by atoms with Gasteiger partial charge in [0.05, 0.1) is 18.5 Å². The summed E-state index contributed by atoms with van der Waals surface area (Å²) in [5.74, 6) is -1.32. The van der Waals surface area contributed by atoms with E-state index in [9.17, 15) is 8.78 Å². The van der Waals surface area contributed by atoms with Gasteiger partial charge in [0, 0.05) is 27.6 Å². The van der Waals surface area contributed by atoms with Gasteiger partial charge in [0.15, 0.2) is 0 Å². The van der Waals surface area contributed by atoms with E-state index in [1.807, 2.05) is 23.6 Å². The van der Waals surface area contributed by atoms with E-state index in [0.717, 1.165) is 17.3 Å². The van der Waals surface area contributed by atoms with Crippen LogP contribution in [-0.2, 0) is 0 Å². The Labute approximate surface area is 158 Å². The molecule has 0 atom stereocenters. The van der Waals surface area contributed by atoms with Crippen LogP contribution in [0.1, 0.15) is 5.56 Å². The van der Waals surface area contributed by atoms with Crippen LogP contribution in [0.3, 0.4) is 0 Å². The van der Waals surface area contributed by atoms with E-state index < -0.39 is 11.6 Å². The van der Waals surface area contributed by atoms with Crippen LogP contribution < -0.4 is 4.80 Å². The second kappa shape index (κ2) is 8.21. The molecule has 1 aromatic heterocycles. The maximum Gasteiger partial charge on any atom is 0.206 e. The first kappa shape index (κ1) is 18.2. The number of aromatic nitrogens is 1. The summed E-state index contributed by atoms with van der Waals surface area (Å²) in [7, 11) is 0. The van der Waals surface area contributed by atoms with Gasteiger partial charge in [-0.1, -0.05) is 29.8 Å². The SMILES string of the molecule is C=CCN=c1scc(-c2cccc(Cl)c2)n1N=Cc1ccc(F)cc1F. The molecule has 0 radical (unpaired) electrons. The lowest BCUT2D eigenvalue weighted by Crippen LogP contribution is -2.12. The summed E-state index contributed by atoms with van der Waals surface area (Å²) in [6.45, 7) is 4.08. The lowest BCUT2D eigenvalue weighted by molar-refractivity contribution is 0.582. The molecule has 3 aromatic rings. The maximum atomic E-state index is 13.9. The van der Waals surface area contributed by atoms with Gasteiger partial charge in [-0.25, -0.2) is 13.5 Å². The number of thiazole rings is 1. The fourth-order valence-electron chi connectivity index (χ4n) is 2.23. The smallest absolute Gasteiger partial charge is 0.206 e. The lowest BCUT2D eigenvalue weighted by Gasteiger charge is -2.04. The summed E-state index contributed by atoms with van der Waals surface area (Å²) in [6, 6.07) is 10.7. The maximum absolute atomic E-state index is 13.9. The zero-order chi connectivity index (χ0) is 18.5. The molecular formula is C19H14ClF2N3S. The van der Waals surface area contributed by atoms with Crippen molar-refractivity contribution in [3.63, 3.8) is 0 Å². The largest absolute Gasteiger partial charge is 0.253 e. The van der Waals surface area contributed by atoms with E-state index in [4.69, 9.17) is 11.6 Å². The van der Waals surface area contributed by atoms with Crippen molar-refractivity contribution >= 4 is 29.2 Å². The highest BCUT2D eigenvalue weighted by Crippen LogP contribution is 2.23. The Kier molecular flexibility index (Phi) is 5.75. The highest BCUT2D eigenvalue weighted by Gasteiger charge is 2.08. The molecule has 0 aliphatic carbocycles. The Morgan fingerprint density at radius 1 is 1.19 bits per heavy atom. The fourth-order valence-corrected chi connectivity index (χ4v) is 3.27. The molecule has 0 fully saturated rings. The summed E-state index contributed by atoms with van der Waals surface area (Å²) in [5, 5.41) is 6.84. The highest BCUT2D eigenvalue weighted by molar-refractivity contribution is 7.07. The molecule has 0 aliphatic rings. The second-order valence-corrected chi connectivity index (χ2v) is 6.54. The van der Waals surface area contributed by atoms with Crippen LogP contribution in [-0.4, -0.2) is 17.4 Å². The summed E-state index contributed by atoms with van der Waals surface area (Å²) >= 11 is 7.48. The molecule has 0 unspecified atom stereocenters. The van der Waals surface area contributed by atoms with E-state index in [-0.39, 0.29) is 5.56 Å². The molecule has 0 bridgehead atoms. The third-order valence-corrected chi connectivity index (χ3v) is 4.53. The molecule has 7 heteroatoms. The van der Waals surface area contributed by atoms with Gasteiger partial charge >= 0.3 is 0 Å². The normalized spacial score (nSPS) is 12.0. The zero-order valence-corrected chi connectivity index (χ0v) is 15.1. The van der Waals surface area contributed by atoms with Crippen LogP contribution in [0.4, 0.5) is 8.78 Å². The first-order valence-electron chi connectivity index (χ1n) is 7.66. The van der Waals surface area contributed by atoms with Gasteiger partial charge in [-0.2, -0.15) is 5.10 Å². The van der Waals surface area contributed by atoms with Crippen molar-refractivity contribution in [2.24, 2.45) is 10.1 Å². The predicted molar refractivity (Wildman–Crippen MR) is 103 cm³/mol. The van der Waals surface area contributed by atoms with Crippen LogP contribution in [0, 0.1) is 11.6 Å². The Bertz CT molecular complexity index is 1040. The minimum Gasteiger partial charge on any atom is -0.253 e. The van der Waals surface area contributed by atoms with Gasteiger partial charge in [-0.15, -0.1) is 17.9 Å². The van der Waals surface area contributed by atoms with Gasteiger partial charge in [-0.3, -0.25) is 4.99 Å². The molecule has 1 heterocycles. The molecular weight excluding hydrogens is 376 g/mol. The second-order valence-electron chi connectivity index (χ2n) is 5.27. The van der Waals surface area contributed by atoms with E-state index in [2.05, 4.69) is 16.7 Å². The molecule has 132 valence electrons. The number of halogens is 3. The van der Waals surface area contributed by atoms with Crippen LogP contribution in [0.5, 0.6) is 0 Å². The summed E-state index contributed by atoms with van der Waals surface area (Å²) in [6.07, 6.45) is 3.01. The van der Waals surface area contributed by atoms with E-state index in [0.29, 0.717) is 16.4 Å². The first-order valence-corrected chi connectivity index (χ1v) is 8.91. The monoisotopic (exact) mass is 389 g/mol. The van der Waals surface area contributed by atoms with Gasteiger partial charge < -0.3 is 0 Å². The minimum atomic E-state index is -0.682. The number of rotatable bonds is 5. The van der Waals surface area contributed by atoms with Gasteiger partial charge in [-0.05, 0) is 24.3 Å². The van der Waals surface area contributed by atoms with Crippen molar-refractivity contribution in [3.05, 3.63) is 87.5 Å². The van der Waals surface area contributed by atoms with E-state index in [1.165, 1.54) is 29.7 Å². The van der Waals surface area contributed by atoms with Crippen molar-refractivity contribution < 1.29 is 8.78 Å². The van der Waals surface area contributed by atoms with Crippen molar-refractivity contribution in [2.75, 3.05) is 6.54 Å². The van der Waals surface area contributed by atoms with Crippen molar-refractivity contribution in [1.82, 2.24) is 4.68 Å². The molecule has 0 N–H and O–H groups in total. The number of benzene rings is 2. The molecule has 3 rings (SSSR count). The first-order chi connectivity index (χ1) is 12.6. The lowest BCUT2D eigenvalue weighted by atomic mass is 10.2. The summed E-state index contributed by atoms with van der Waals surface area (Å²) < 4.78 is 28.5. The van der Waals surface area contributed by atoms with Crippen LogP contribution in [0.15, 0.2) is 70.6 Å². The van der Waals surface area contributed by atoms with Crippen molar-refractivity contribution in [1.29, 1.82) is 0 Å². The Morgan fingerprint density at radius 2 is 2.04 bits per heavy atom. The number of hydrogen-bond donors (Lipinski definition) is 0. The Balaban J connectivity index is 2.10. The average molecular weight is 390 g/mol. The predicted octanol–water partition coefficient (Wildman–Crippen LogP) is 5.12. The molecule has 3 nitrogen and oxygen atoms in total. The third kappa shape index (κ3) is 4.15. The molecule has 0 saturated carbocycles. The molecule has 0 amide bonds. The van der Waals surface area contributed by atoms with Crippen molar-refractivity contribution in [2.45, 2.75) is 0 Å². The Hall–Kier alpha value is -2.57. The van der Waals surface area contributed by atoms with Crippen LogP contribution >= 0.6 is 22.9 Å². The number of hydrogen-bond acceptors (Lipinski definition) is 3. The summed E-state index contributed by atoms with van der Waals surface area (Å²) in [4.78, 5) is 5.03. The topological polar surface area (TPSA) is 29.6 Å². The highest BCUT2D eigenvalue weighted by atomic mass is 35.5. The van der Waals surface area contributed by atoms with Gasteiger partial charge in [0.2, 0.25) is 4.80 Å². The average Bonchev–Trinajstić information content (AvgIpc) is 3.02. The minimum absolute atomic E-state index is 0.178. The molecule has 0 saturated heterocycles. The van der Waals surface area contributed by atoms with Gasteiger partial charge in [0.1, 0.15) is 11.6 Å². The summed E-state index contributed by atoms with van der Waals surface area (Å²) in [5.41, 5.74) is 1.79. The number of nitrogens with zero attached hydrogens (tertiary/aromatic N) is 3. The molecule has 26 heavy (non-hydrogen) atoms. The van der Waals surface area contributed by atoms with Gasteiger partial charge in [0.25, 0.3) is 0 Å². The van der Waals surface area contributed by atoms with Crippen LogP contribution in [0.25, 0.3) is 11.3 Å². The standard InChI is InChI=1S/C19H14ClF2N3S/c1-2-8-23-19-25(24-11-14-6-7-16(21)10-17(14)22)18(12-26-19)13-4-3-5-15(20)9-13/h2-7,9-12H,1,8H2. The van der Waals surface area contributed by atoms with Crippen LogP contribution in [0.2, 0.25) is 5.02 Å². The van der Waals surface area contributed by atoms with E-state index in [1.54, 1.807) is 16.8 Å². The van der Waals surface area contributed by atoms with Crippen molar-refractivity contribution in [3.8, 4) is 11.3 Å².